The number of para-hydroxylation sites is 1. The molecule has 0 fully saturated rings. The maximum atomic E-state index is 11.7. The molecule has 0 saturated heterocycles. The Labute approximate surface area is 123 Å². The summed E-state index contributed by atoms with van der Waals surface area (Å²) in [4.78, 5) is 15.8. The summed E-state index contributed by atoms with van der Waals surface area (Å²) >= 11 is 5.96. The van der Waals surface area contributed by atoms with Gasteiger partial charge in [-0.2, -0.15) is 0 Å². The maximum absolute atomic E-state index is 11.7. The molecular weight excluding hydrogens is 272 g/mol. The highest BCUT2D eigenvalue weighted by atomic mass is 35.5. The Morgan fingerprint density at radius 1 is 1.20 bits per heavy atom. The van der Waals surface area contributed by atoms with Gasteiger partial charge in [0.1, 0.15) is 5.69 Å². The molecule has 100 valence electrons. The maximum Gasteiger partial charge on any atom is 0.225 e. The number of nitrogens with one attached hydrogen (secondary N) is 1. The van der Waals surface area contributed by atoms with E-state index in [9.17, 15) is 4.79 Å². The zero-order valence-corrected chi connectivity index (χ0v) is 11.5. The Morgan fingerprint density at radius 2 is 2.00 bits per heavy atom. The van der Waals surface area contributed by atoms with Gasteiger partial charge in [0.2, 0.25) is 5.91 Å². The second-order valence-electron chi connectivity index (χ2n) is 4.04. The molecule has 0 radical (unpaired) electrons. The highest BCUT2D eigenvalue weighted by Gasteiger charge is 2.03. The third-order valence-corrected chi connectivity index (χ3v) is 2.84. The summed E-state index contributed by atoms with van der Waals surface area (Å²) in [7, 11) is 0. The lowest BCUT2D eigenvalue weighted by Crippen LogP contribution is -2.10. The van der Waals surface area contributed by atoms with Gasteiger partial charge in [-0.15, -0.1) is 0 Å². The molecule has 1 amide bonds. The van der Waals surface area contributed by atoms with Crippen molar-refractivity contribution in [3.8, 4) is 11.8 Å². The van der Waals surface area contributed by atoms with Crippen molar-refractivity contribution in [3.05, 3.63) is 59.4 Å². The van der Waals surface area contributed by atoms with Gasteiger partial charge in [-0.1, -0.05) is 35.7 Å². The summed E-state index contributed by atoms with van der Waals surface area (Å²) in [6.07, 6.45) is 2.49. The van der Waals surface area contributed by atoms with E-state index in [2.05, 4.69) is 22.1 Å². The third kappa shape index (κ3) is 4.42. The number of halogens is 1. The molecule has 0 atom stereocenters. The minimum absolute atomic E-state index is 0.103. The predicted molar refractivity (Wildman–Crippen MR) is 80.4 cm³/mol. The lowest BCUT2D eigenvalue weighted by Gasteiger charge is -2.05. The molecule has 1 aromatic carbocycles. The van der Waals surface area contributed by atoms with Gasteiger partial charge >= 0.3 is 0 Å². The van der Waals surface area contributed by atoms with Crippen LogP contribution in [0.4, 0.5) is 5.69 Å². The van der Waals surface area contributed by atoms with E-state index >= 15 is 0 Å². The minimum Gasteiger partial charge on any atom is -0.325 e. The predicted octanol–water partition coefficient (Wildman–Crippen LogP) is 3.51. The van der Waals surface area contributed by atoms with Crippen LogP contribution in [0.2, 0.25) is 5.02 Å². The number of nitrogens with zero attached hydrogens (tertiary/aromatic N) is 1. The molecule has 0 saturated carbocycles. The molecule has 0 spiro atoms. The highest BCUT2D eigenvalue weighted by molar-refractivity contribution is 6.33. The van der Waals surface area contributed by atoms with Crippen molar-refractivity contribution in [1.29, 1.82) is 0 Å². The van der Waals surface area contributed by atoms with Crippen molar-refractivity contribution >= 4 is 23.2 Å². The van der Waals surface area contributed by atoms with Gasteiger partial charge in [-0.25, -0.2) is 4.98 Å². The number of benzene rings is 1. The number of rotatable bonds is 3. The molecular formula is C16H13ClN2O. The van der Waals surface area contributed by atoms with Crippen LogP contribution in [0.5, 0.6) is 0 Å². The Morgan fingerprint density at radius 3 is 2.75 bits per heavy atom. The SMILES string of the molecule is O=C(CCC#Cc1ccccn1)Nc1ccccc1Cl. The molecule has 0 aliphatic carbocycles. The third-order valence-electron chi connectivity index (χ3n) is 2.51. The summed E-state index contributed by atoms with van der Waals surface area (Å²) < 4.78 is 0. The number of amides is 1. The standard InChI is InChI=1S/C16H13ClN2O/c17-14-9-2-3-10-15(14)19-16(20)11-4-1-7-13-8-5-6-12-18-13/h2-3,5-6,8-10,12H,4,11H2,(H,19,20). The zero-order valence-electron chi connectivity index (χ0n) is 10.8. The van der Waals surface area contributed by atoms with Crippen molar-refractivity contribution in [2.45, 2.75) is 12.8 Å². The van der Waals surface area contributed by atoms with E-state index < -0.39 is 0 Å². The van der Waals surface area contributed by atoms with Crippen LogP contribution in [-0.2, 0) is 4.79 Å². The first-order chi connectivity index (χ1) is 9.75. The number of aromatic nitrogens is 1. The van der Waals surface area contributed by atoms with Gasteiger partial charge in [0.15, 0.2) is 0 Å². The van der Waals surface area contributed by atoms with Crippen molar-refractivity contribution in [2.24, 2.45) is 0 Å². The first-order valence-corrected chi connectivity index (χ1v) is 6.58. The smallest absolute Gasteiger partial charge is 0.225 e. The van der Waals surface area contributed by atoms with E-state index in [1.165, 1.54) is 0 Å². The molecule has 0 bridgehead atoms. The Balaban J connectivity index is 1.82. The lowest BCUT2D eigenvalue weighted by molar-refractivity contribution is -0.116. The van der Waals surface area contributed by atoms with Crippen LogP contribution in [0.3, 0.4) is 0 Å². The summed E-state index contributed by atoms with van der Waals surface area (Å²) in [6.45, 7) is 0. The van der Waals surface area contributed by atoms with Gasteiger partial charge in [-0.3, -0.25) is 4.79 Å². The van der Waals surface area contributed by atoms with Crippen LogP contribution < -0.4 is 5.32 Å². The van der Waals surface area contributed by atoms with E-state index in [0.29, 0.717) is 29.2 Å². The van der Waals surface area contributed by atoms with E-state index in [4.69, 9.17) is 11.6 Å². The molecule has 0 aliphatic heterocycles. The number of hydrogen-bond donors (Lipinski definition) is 1. The fourth-order valence-corrected chi connectivity index (χ4v) is 1.72. The van der Waals surface area contributed by atoms with Crippen LogP contribution in [0.1, 0.15) is 18.5 Å². The largest absolute Gasteiger partial charge is 0.325 e. The van der Waals surface area contributed by atoms with Crippen molar-refractivity contribution in [2.75, 3.05) is 5.32 Å². The van der Waals surface area contributed by atoms with Crippen molar-refractivity contribution in [1.82, 2.24) is 4.98 Å². The van der Waals surface area contributed by atoms with Crippen LogP contribution in [0.15, 0.2) is 48.7 Å². The molecule has 0 aliphatic rings. The number of anilines is 1. The van der Waals surface area contributed by atoms with Gasteiger partial charge in [0.25, 0.3) is 0 Å². The Bertz CT molecular complexity index is 644. The lowest BCUT2D eigenvalue weighted by atomic mass is 10.2. The molecule has 1 heterocycles. The molecule has 1 aromatic heterocycles. The van der Waals surface area contributed by atoms with Gasteiger partial charge < -0.3 is 5.32 Å². The summed E-state index contributed by atoms with van der Waals surface area (Å²) in [5.41, 5.74) is 1.33. The molecule has 2 aromatic rings. The van der Waals surface area contributed by atoms with E-state index in [1.807, 2.05) is 30.3 Å². The van der Waals surface area contributed by atoms with E-state index in [0.717, 1.165) is 0 Å². The van der Waals surface area contributed by atoms with Gasteiger partial charge in [0.05, 0.1) is 10.7 Å². The number of pyridine rings is 1. The van der Waals surface area contributed by atoms with Crippen molar-refractivity contribution < 1.29 is 4.79 Å². The Kier molecular flexibility index (Phi) is 5.16. The van der Waals surface area contributed by atoms with Gasteiger partial charge in [-0.05, 0) is 30.2 Å². The van der Waals surface area contributed by atoms with Crippen LogP contribution >= 0.6 is 11.6 Å². The first-order valence-electron chi connectivity index (χ1n) is 6.20. The molecule has 0 unspecified atom stereocenters. The average Bonchev–Trinajstić information content (AvgIpc) is 2.47. The summed E-state index contributed by atoms with van der Waals surface area (Å²) in [6, 6.07) is 12.7. The zero-order chi connectivity index (χ0) is 14.2. The monoisotopic (exact) mass is 284 g/mol. The van der Waals surface area contributed by atoms with Crippen LogP contribution in [0.25, 0.3) is 0 Å². The average molecular weight is 285 g/mol. The number of carbonyl (C=O) groups excluding carboxylic acids is 1. The molecule has 20 heavy (non-hydrogen) atoms. The van der Waals surface area contributed by atoms with Crippen molar-refractivity contribution in [3.63, 3.8) is 0 Å². The molecule has 2 rings (SSSR count). The molecule has 3 nitrogen and oxygen atoms in total. The van der Waals surface area contributed by atoms with Crippen LogP contribution in [-0.4, -0.2) is 10.9 Å². The van der Waals surface area contributed by atoms with Gasteiger partial charge in [0, 0.05) is 19.0 Å². The first kappa shape index (κ1) is 14.1. The quantitative estimate of drug-likeness (QED) is 0.877. The minimum atomic E-state index is -0.103. The second-order valence-corrected chi connectivity index (χ2v) is 4.45. The molecule has 4 heteroatoms. The highest BCUT2D eigenvalue weighted by Crippen LogP contribution is 2.20. The molecule has 1 N–H and O–H groups in total. The van der Waals surface area contributed by atoms with E-state index in [1.54, 1.807) is 18.3 Å². The van der Waals surface area contributed by atoms with E-state index in [-0.39, 0.29) is 5.91 Å². The topological polar surface area (TPSA) is 42.0 Å². The van der Waals surface area contributed by atoms with Crippen LogP contribution in [0, 0.1) is 11.8 Å². The Hall–Kier alpha value is -2.31. The fourth-order valence-electron chi connectivity index (χ4n) is 1.54. The normalized spacial score (nSPS) is 9.45. The fraction of sp³-hybridized carbons (Fsp3) is 0.125. The number of carbonyl (C=O) groups is 1. The summed E-state index contributed by atoms with van der Waals surface area (Å²) in [5.74, 6) is 5.73. The second kappa shape index (κ2) is 7.32. The summed E-state index contributed by atoms with van der Waals surface area (Å²) in [5, 5.41) is 3.28. The number of hydrogen-bond acceptors (Lipinski definition) is 2.